The number of carbonyl (C=O) groups is 6. The summed E-state index contributed by atoms with van der Waals surface area (Å²) in [6.45, 7) is 7.54. The number of hydrogen-bond acceptors (Lipinski definition) is 12. The predicted molar refractivity (Wildman–Crippen MR) is 196 cm³/mol. The lowest BCUT2D eigenvalue weighted by molar-refractivity contribution is -0.133. The third-order valence-corrected chi connectivity index (χ3v) is 7.47. The van der Waals surface area contributed by atoms with E-state index in [1.807, 2.05) is 0 Å². The van der Waals surface area contributed by atoms with Crippen molar-refractivity contribution in [2.24, 2.45) is 0 Å². The maximum Gasteiger partial charge on any atom is 0.308 e. The zero-order valence-corrected chi connectivity index (χ0v) is 30.1. The zero-order chi connectivity index (χ0) is 39.1. The lowest BCUT2D eigenvalue weighted by atomic mass is 9.92. The molecule has 0 aliphatic rings. The first-order chi connectivity index (χ1) is 25.7. The van der Waals surface area contributed by atoms with E-state index in [-0.39, 0.29) is 34.5 Å². The van der Waals surface area contributed by atoms with Crippen LogP contribution in [0.5, 0.6) is 34.5 Å². The molecule has 0 radical (unpaired) electrons. The van der Waals surface area contributed by atoms with E-state index in [0.29, 0.717) is 44.5 Å². The SMILES string of the molecule is CC(=O)Oc1ccc(OC(C)=O)c(-c2cccc(-c3cc(OC(C)=O)cc(-c4cccc(-c5cc(OC(C)=O)ccc5OC(C)=O)c4)c3OC(C)=O)c2)c1. The predicted octanol–water partition coefficient (Wildman–Crippen LogP) is 7.91. The first-order valence-corrected chi connectivity index (χ1v) is 16.4. The van der Waals surface area contributed by atoms with Gasteiger partial charge >= 0.3 is 35.8 Å². The fourth-order valence-electron chi connectivity index (χ4n) is 5.63. The summed E-state index contributed by atoms with van der Waals surface area (Å²) in [7, 11) is 0. The van der Waals surface area contributed by atoms with Crippen LogP contribution in [0.1, 0.15) is 41.5 Å². The maximum atomic E-state index is 12.7. The monoisotopic (exact) mass is 730 g/mol. The van der Waals surface area contributed by atoms with E-state index in [2.05, 4.69) is 0 Å². The summed E-state index contributed by atoms with van der Waals surface area (Å²) < 4.78 is 33.0. The third kappa shape index (κ3) is 9.62. The second-order valence-electron chi connectivity index (χ2n) is 11.9. The van der Waals surface area contributed by atoms with E-state index < -0.39 is 35.8 Å². The summed E-state index contributed by atoms with van der Waals surface area (Å²) in [6, 6.07) is 26.1. The van der Waals surface area contributed by atoms with Crippen molar-refractivity contribution in [3.8, 4) is 79.0 Å². The molecule has 0 amide bonds. The van der Waals surface area contributed by atoms with Crippen LogP contribution in [0.15, 0.2) is 97.1 Å². The molecule has 0 bridgehead atoms. The summed E-state index contributed by atoms with van der Waals surface area (Å²) in [5.74, 6) is -2.36. The number of ether oxygens (including phenoxy) is 6. The minimum Gasteiger partial charge on any atom is -0.427 e. The van der Waals surface area contributed by atoms with Gasteiger partial charge < -0.3 is 28.4 Å². The van der Waals surface area contributed by atoms with Crippen molar-refractivity contribution in [1.29, 1.82) is 0 Å². The standard InChI is InChI=1S/C42H34O12/c1-23(43)49-33-13-15-40(52-26(4)46)36(19-33)29-9-7-11-31(17-29)38-21-35(51-25(3)45)22-39(42(38)54-28(6)48)32-12-8-10-30(18-32)37-20-34(50-24(2)44)14-16-41(37)53-27(5)47/h7-22H,1-6H3. The number of benzene rings is 5. The Morgan fingerprint density at radius 2 is 0.648 bits per heavy atom. The van der Waals surface area contributed by atoms with Crippen LogP contribution in [0.3, 0.4) is 0 Å². The maximum absolute atomic E-state index is 12.7. The normalized spacial score (nSPS) is 10.5. The Hall–Kier alpha value is -7.08. The molecule has 5 rings (SSSR count). The van der Waals surface area contributed by atoms with Crippen LogP contribution in [-0.2, 0) is 28.8 Å². The molecule has 0 saturated heterocycles. The highest BCUT2D eigenvalue weighted by atomic mass is 16.6. The fourth-order valence-corrected chi connectivity index (χ4v) is 5.63. The fraction of sp³-hybridized carbons (Fsp3) is 0.143. The van der Waals surface area contributed by atoms with Gasteiger partial charge in [0.1, 0.15) is 34.5 Å². The van der Waals surface area contributed by atoms with Gasteiger partial charge in [0.15, 0.2) is 0 Å². The Labute approximate surface area is 310 Å². The molecule has 274 valence electrons. The lowest BCUT2D eigenvalue weighted by Crippen LogP contribution is -2.07. The average molecular weight is 731 g/mol. The largest absolute Gasteiger partial charge is 0.427 e. The Morgan fingerprint density at radius 3 is 1.00 bits per heavy atom. The molecule has 0 unspecified atom stereocenters. The molecule has 0 heterocycles. The van der Waals surface area contributed by atoms with E-state index in [1.54, 1.807) is 72.8 Å². The quantitative estimate of drug-likeness (QED) is 0.101. The van der Waals surface area contributed by atoms with Gasteiger partial charge in [-0.2, -0.15) is 0 Å². The van der Waals surface area contributed by atoms with Gasteiger partial charge in [-0.15, -0.1) is 0 Å². The van der Waals surface area contributed by atoms with Crippen LogP contribution in [0.4, 0.5) is 0 Å². The van der Waals surface area contributed by atoms with Crippen LogP contribution in [0, 0.1) is 0 Å². The molecule has 0 aliphatic carbocycles. The second kappa shape index (κ2) is 16.5. The number of esters is 6. The first-order valence-electron chi connectivity index (χ1n) is 16.4. The van der Waals surface area contributed by atoms with Crippen LogP contribution >= 0.6 is 0 Å². The van der Waals surface area contributed by atoms with Crippen molar-refractivity contribution >= 4 is 35.8 Å². The van der Waals surface area contributed by atoms with Crippen molar-refractivity contribution < 1.29 is 57.2 Å². The van der Waals surface area contributed by atoms with Crippen molar-refractivity contribution in [3.05, 3.63) is 97.1 Å². The third-order valence-electron chi connectivity index (χ3n) is 7.47. The van der Waals surface area contributed by atoms with Crippen molar-refractivity contribution in [1.82, 2.24) is 0 Å². The van der Waals surface area contributed by atoms with Crippen LogP contribution in [0.25, 0.3) is 44.5 Å². The van der Waals surface area contributed by atoms with Crippen LogP contribution in [-0.4, -0.2) is 35.8 Å². The molecule has 0 aromatic heterocycles. The van der Waals surface area contributed by atoms with Gasteiger partial charge in [-0.1, -0.05) is 36.4 Å². The Balaban J connectivity index is 1.74. The Kier molecular flexibility index (Phi) is 11.7. The molecule has 0 saturated carbocycles. The first kappa shape index (κ1) is 38.2. The van der Waals surface area contributed by atoms with Gasteiger partial charge in [0.05, 0.1) is 0 Å². The topological polar surface area (TPSA) is 158 Å². The van der Waals surface area contributed by atoms with Gasteiger partial charge in [-0.25, -0.2) is 0 Å². The van der Waals surface area contributed by atoms with Crippen molar-refractivity contribution in [2.45, 2.75) is 41.5 Å². The molecular weight excluding hydrogens is 696 g/mol. The van der Waals surface area contributed by atoms with Gasteiger partial charge in [0.25, 0.3) is 0 Å². The summed E-state index contributed by atoms with van der Waals surface area (Å²) >= 11 is 0. The highest BCUT2D eigenvalue weighted by Crippen LogP contribution is 2.45. The summed E-state index contributed by atoms with van der Waals surface area (Å²) in [5.41, 5.74) is 3.65. The van der Waals surface area contributed by atoms with Crippen molar-refractivity contribution in [3.63, 3.8) is 0 Å². The Morgan fingerprint density at radius 1 is 0.333 bits per heavy atom. The number of hydrogen-bond donors (Lipinski definition) is 0. The van der Waals surface area contributed by atoms with E-state index in [1.165, 1.54) is 65.8 Å². The molecule has 0 spiro atoms. The highest BCUT2D eigenvalue weighted by Gasteiger charge is 2.22. The molecule has 54 heavy (non-hydrogen) atoms. The molecule has 0 atom stereocenters. The van der Waals surface area contributed by atoms with Gasteiger partial charge in [-0.3, -0.25) is 28.8 Å². The summed E-state index contributed by atoms with van der Waals surface area (Å²) in [6.07, 6.45) is 0. The minimum absolute atomic E-state index is 0.121. The summed E-state index contributed by atoms with van der Waals surface area (Å²) in [5, 5.41) is 0. The molecule has 0 aliphatic heterocycles. The molecule has 12 nitrogen and oxygen atoms in total. The zero-order valence-electron chi connectivity index (χ0n) is 30.1. The molecular formula is C42H34O12. The lowest BCUT2D eigenvalue weighted by Gasteiger charge is -2.18. The van der Waals surface area contributed by atoms with Gasteiger partial charge in [0, 0.05) is 63.8 Å². The number of rotatable bonds is 10. The molecule has 0 N–H and O–H groups in total. The van der Waals surface area contributed by atoms with E-state index in [9.17, 15) is 28.8 Å². The Bertz CT molecular complexity index is 2180. The number of carbonyl (C=O) groups excluding carboxylic acids is 6. The second-order valence-corrected chi connectivity index (χ2v) is 11.9. The molecule has 0 fully saturated rings. The van der Waals surface area contributed by atoms with E-state index in [0.717, 1.165) is 0 Å². The van der Waals surface area contributed by atoms with E-state index >= 15 is 0 Å². The van der Waals surface area contributed by atoms with Gasteiger partial charge in [0.2, 0.25) is 0 Å². The van der Waals surface area contributed by atoms with Crippen molar-refractivity contribution in [2.75, 3.05) is 0 Å². The average Bonchev–Trinajstić information content (AvgIpc) is 3.09. The molecule has 5 aromatic rings. The molecule has 5 aromatic carbocycles. The van der Waals surface area contributed by atoms with Crippen LogP contribution < -0.4 is 28.4 Å². The van der Waals surface area contributed by atoms with Crippen LogP contribution in [0.2, 0.25) is 0 Å². The highest BCUT2D eigenvalue weighted by molar-refractivity contribution is 5.91. The smallest absolute Gasteiger partial charge is 0.308 e. The molecule has 12 heteroatoms. The minimum atomic E-state index is -0.637. The summed E-state index contributed by atoms with van der Waals surface area (Å²) in [4.78, 5) is 72.4. The van der Waals surface area contributed by atoms with Gasteiger partial charge in [-0.05, 0) is 82.9 Å². The van der Waals surface area contributed by atoms with E-state index in [4.69, 9.17) is 28.4 Å².